The van der Waals surface area contributed by atoms with E-state index in [2.05, 4.69) is 25.8 Å². The SMILES string of the molecule is COc1cc(O)c(C(CC(=O)N2CC(C)N(C)C(C)C2)C2C=CC(C(=O)O)=CC2)c(OC)c1. The van der Waals surface area contributed by atoms with E-state index < -0.39 is 11.9 Å². The molecule has 0 bridgehead atoms. The van der Waals surface area contributed by atoms with Crippen LogP contribution in [0.2, 0.25) is 0 Å². The molecule has 3 rings (SSSR count). The highest BCUT2D eigenvalue weighted by atomic mass is 16.5. The molecule has 0 spiro atoms. The second-order valence-electron chi connectivity index (χ2n) is 8.96. The summed E-state index contributed by atoms with van der Waals surface area (Å²) >= 11 is 0. The van der Waals surface area contributed by atoms with Crippen molar-refractivity contribution in [3.05, 3.63) is 41.5 Å². The molecule has 1 aromatic carbocycles. The average molecular weight is 459 g/mol. The van der Waals surface area contributed by atoms with E-state index in [-0.39, 0.29) is 41.7 Å². The second kappa shape index (κ2) is 10.3. The standard InChI is InChI=1S/C25H34N2O6/c1-15-13-27(14-16(2)26(15)3)23(29)12-20(17-6-8-18(9-7-17)25(30)31)24-21(28)10-19(32-4)11-22(24)33-5/h6,8-11,15-17,20,28H,7,12-14H2,1-5H3,(H,30,31). The Kier molecular flexibility index (Phi) is 7.68. The zero-order chi connectivity index (χ0) is 24.3. The molecule has 0 aromatic heterocycles. The number of carboxylic acids is 1. The number of amides is 1. The number of allylic oxidation sites excluding steroid dienone is 2. The number of aromatic hydroxyl groups is 1. The van der Waals surface area contributed by atoms with Crippen molar-refractivity contribution in [2.24, 2.45) is 5.92 Å². The molecule has 0 radical (unpaired) electrons. The van der Waals surface area contributed by atoms with Crippen molar-refractivity contribution >= 4 is 11.9 Å². The van der Waals surface area contributed by atoms with Gasteiger partial charge in [0.2, 0.25) is 5.91 Å². The first kappa shape index (κ1) is 24.6. The Bertz CT molecular complexity index is 944. The quantitative estimate of drug-likeness (QED) is 0.648. The molecule has 1 aromatic rings. The van der Waals surface area contributed by atoms with Crippen LogP contribution in [0.3, 0.4) is 0 Å². The van der Waals surface area contributed by atoms with Crippen LogP contribution in [-0.4, -0.2) is 78.3 Å². The van der Waals surface area contributed by atoms with E-state index in [0.717, 1.165) is 0 Å². The third kappa shape index (κ3) is 5.33. The molecule has 8 heteroatoms. The van der Waals surface area contributed by atoms with Crippen LogP contribution in [0.15, 0.2) is 35.9 Å². The number of hydrogen-bond donors (Lipinski definition) is 2. The number of phenolic OH excluding ortho intramolecular Hbond substituents is 1. The number of piperazine rings is 1. The summed E-state index contributed by atoms with van der Waals surface area (Å²) in [5.74, 6) is -0.670. The minimum Gasteiger partial charge on any atom is -0.507 e. The Balaban J connectivity index is 1.95. The fourth-order valence-corrected chi connectivity index (χ4v) is 4.73. The van der Waals surface area contributed by atoms with E-state index in [1.54, 1.807) is 18.2 Å². The van der Waals surface area contributed by atoms with Gasteiger partial charge in [0.25, 0.3) is 0 Å². The van der Waals surface area contributed by atoms with Crippen LogP contribution in [0.5, 0.6) is 17.2 Å². The van der Waals surface area contributed by atoms with E-state index in [0.29, 0.717) is 36.6 Å². The molecule has 180 valence electrons. The minimum atomic E-state index is -0.984. The van der Waals surface area contributed by atoms with Crippen molar-refractivity contribution in [1.29, 1.82) is 0 Å². The van der Waals surface area contributed by atoms with E-state index in [1.165, 1.54) is 20.3 Å². The number of carbonyl (C=O) groups excluding carboxylic acids is 1. The third-order valence-corrected chi connectivity index (χ3v) is 6.92. The highest BCUT2D eigenvalue weighted by Crippen LogP contribution is 2.45. The number of aliphatic carboxylic acids is 1. The molecule has 1 saturated heterocycles. The lowest BCUT2D eigenvalue weighted by atomic mass is 9.78. The molecule has 0 saturated carbocycles. The normalized spacial score (nSPS) is 24.2. The van der Waals surface area contributed by atoms with Crippen LogP contribution in [0.1, 0.15) is 38.2 Å². The van der Waals surface area contributed by atoms with Gasteiger partial charge in [-0.25, -0.2) is 4.79 Å². The van der Waals surface area contributed by atoms with Crippen molar-refractivity contribution in [2.45, 2.75) is 44.7 Å². The van der Waals surface area contributed by atoms with Crippen LogP contribution in [0, 0.1) is 5.92 Å². The first-order chi connectivity index (χ1) is 15.7. The van der Waals surface area contributed by atoms with Gasteiger partial charge in [0.15, 0.2) is 0 Å². The van der Waals surface area contributed by atoms with Crippen LogP contribution in [0.4, 0.5) is 0 Å². The molecular weight excluding hydrogens is 424 g/mol. The number of rotatable bonds is 7. The van der Waals surface area contributed by atoms with Gasteiger partial charge in [-0.2, -0.15) is 0 Å². The number of carbonyl (C=O) groups is 2. The summed E-state index contributed by atoms with van der Waals surface area (Å²) in [6.45, 7) is 5.49. The number of hydrogen-bond acceptors (Lipinski definition) is 6. The van der Waals surface area contributed by atoms with Gasteiger partial charge in [-0.3, -0.25) is 9.69 Å². The van der Waals surface area contributed by atoms with Crippen molar-refractivity contribution in [3.8, 4) is 17.2 Å². The van der Waals surface area contributed by atoms with Gasteiger partial charge in [-0.05, 0) is 33.2 Å². The molecule has 1 amide bonds. The van der Waals surface area contributed by atoms with Gasteiger partial charge < -0.3 is 24.6 Å². The van der Waals surface area contributed by atoms with E-state index in [1.807, 2.05) is 11.0 Å². The molecular formula is C25H34N2O6. The minimum absolute atomic E-state index is 0.00508. The van der Waals surface area contributed by atoms with E-state index in [9.17, 15) is 19.8 Å². The summed E-state index contributed by atoms with van der Waals surface area (Å²) in [6.07, 6.45) is 5.67. The van der Waals surface area contributed by atoms with Gasteiger partial charge in [-0.15, -0.1) is 0 Å². The first-order valence-corrected chi connectivity index (χ1v) is 11.2. The fraction of sp³-hybridized carbons (Fsp3) is 0.520. The molecule has 4 unspecified atom stereocenters. The number of ether oxygens (including phenoxy) is 2. The third-order valence-electron chi connectivity index (χ3n) is 6.92. The maximum Gasteiger partial charge on any atom is 0.335 e. The average Bonchev–Trinajstić information content (AvgIpc) is 2.80. The summed E-state index contributed by atoms with van der Waals surface area (Å²) < 4.78 is 10.8. The number of likely N-dealkylation sites (N-methyl/N-ethyl adjacent to an activating group) is 1. The Hall–Kier alpha value is -3.00. The lowest BCUT2D eigenvalue weighted by Crippen LogP contribution is -2.56. The van der Waals surface area contributed by atoms with Gasteiger partial charge in [0, 0.05) is 55.2 Å². The molecule has 1 fully saturated rings. The van der Waals surface area contributed by atoms with Crippen LogP contribution < -0.4 is 9.47 Å². The van der Waals surface area contributed by atoms with Crippen molar-refractivity contribution in [3.63, 3.8) is 0 Å². The first-order valence-electron chi connectivity index (χ1n) is 11.2. The van der Waals surface area contributed by atoms with Crippen molar-refractivity contribution in [2.75, 3.05) is 34.4 Å². The number of phenols is 1. The summed E-state index contributed by atoms with van der Waals surface area (Å²) in [5.41, 5.74) is 0.757. The molecule has 1 aliphatic carbocycles. The van der Waals surface area contributed by atoms with Gasteiger partial charge >= 0.3 is 5.97 Å². The molecule has 1 aliphatic heterocycles. The van der Waals surface area contributed by atoms with E-state index in [4.69, 9.17) is 9.47 Å². The van der Waals surface area contributed by atoms with E-state index >= 15 is 0 Å². The summed E-state index contributed by atoms with van der Waals surface area (Å²) in [7, 11) is 5.09. The molecule has 2 aliphatic rings. The lowest BCUT2D eigenvalue weighted by Gasteiger charge is -2.43. The highest BCUT2D eigenvalue weighted by Gasteiger charge is 2.35. The maximum atomic E-state index is 13.5. The number of carboxylic acid groups (broad SMARTS) is 1. The monoisotopic (exact) mass is 458 g/mol. The highest BCUT2D eigenvalue weighted by molar-refractivity contribution is 5.90. The smallest absolute Gasteiger partial charge is 0.335 e. The largest absolute Gasteiger partial charge is 0.507 e. The number of methoxy groups -OCH3 is 2. The van der Waals surface area contributed by atoms with Crippen LogP contribution >= 0.6 is 0 Å². The van der Waals surface area contributed by atoms with Gasteiger partial charge in [0.05, 0.1) is 19.8 Å². The molecule has 4 atom stereocenters. The predicted octanol–water partition coefficient (Wildman–Crippen LogP) is 3.02. The Morgan fingerprint density at radius 1 is 1.15 bits per heavy atom. The Labute approximate surface area is 195 Å². The summed E-state index contributed by atoms with van der Waals surface area (Å²) in [4.78, 5) is 29.0. The molecule has 8 nitrogen and oxygen atoms in total. The lowest BCUT2D eigenvalue weighted by molar-refractivity contribution is -0.136. The Morgan fingerprint density at radius 2 is 1.82 bits per heavy atom. The molecule has 1 heterocycles. The van der Waals surface area contributed by atoms with Crippen molar-refractivity contribution in [1.82, 2.24) is 9.80 Å². The molecule has 33 heavy (non-hydrogen) atoms. The van der Waals surface area contributed by atoms with Crippen LogP contribution in [-0.2, 0) is 9.59 Å². The fourth-order valence-electron chi connectivity index (χ4n) is 4.73. The zero-order valence-corrected chi connectivity index (χ0v) is 19.9. The van der Waals surface area contributed by atoms with Crippen LogP contribution in [0.25, 0.3) is 0 Å². The summed E-state index contributed by atoms with van der Waals surface area (Å²) in [5, 5.41) is 20.2. The number of benzene rings is 1. The molecule has 2 N–H and O–H groups in total. The Morgan fingerprint density at radius 3 is 2.33 bits per heavy atom. The van der Waals surface area contributed by atoms with Gasteiger partial charge in [0.1, 0.15) is 17.2 Å². The predicted molar refractivity (Wildman–Crippen MR) is 125 cm³/mol. The second-order valence-corrected chi connectivity index (χ2v) is 8.96. The zero-order valence-electron chi connectivity index (χ0n) is 19.9. The number of nitrogens with zero attached hydrogens (tertiary/aromatic N) is 2. The summed E-state index contributed by atoms with van der Waals surface area (Å²) in [6, 6.07) is 3.70. The van der Waals surface area contributed by atoms with Crippen molar-refractivity contribution < 1.29 is 29.3 Å². The van der Waals surface area contributed by atoms with Gasteiger partial charge in [-0.1, -0.05) is 18.2 Å². The topological polar surface area (TPSA) is 99.5 Å². The maximum absolute atomic E-state index is 13.5.